The number of aromatic nitrogens is 1. The molecule has 3 heterocycles. The predicted molar refractivity (Wildman–Crippen MR) is 66.7 cm³/mol. The summed E-state index contributed by atoms with van der Waals surface area (Å²) < 4.78 is 0. The van der Waals surface area contributed by atoms with Crippen molar-refractivity contribution in [1.82, 2.24) is 4.98 Å². The molecule has 0 amide bonds. The second-order valence-electron chi connectivity index (χ2n) is 5.11. The van der Waals surface area contributed by atoms with Gasteiger partial charge >= 0.3 is 0 Å². The molecule has 0 aromatic carbocycles. The second-order valence-corrected chi connectivity index (χ2v) is 5.11. The highest BCUT2D eigenvalue weighted by Crippen LogP contribution is 2.38. The maximum Gasteiger partial charge on any atom is 0.129 e. The summed E-state index contributed by atoms with van der Waals surface area (Å²) in [7, 11) is 0. The van der Waals surface area contributed by atoms with E-state index in [1.807, 2.05) is 12.1 Å². The Morgan fingerprint density at radius 2 is 2.00 bits per heavy atom. The highest BCUT2D eigenvalue weighted by atomic mass is 16.3. The van der Waals surface area contributed by atoms with Crippen LogP contribution < -0.4 is 10.6 Å². The molecule has 92 valence electrons. The van der Waals surface area contributed by atoms with Crippen LogP contribution in [0.1, 0.15) is 31.4 Å². The molecule has 2 saturated heterocycles. The lowest BCUT2D eigenvalue weighted by Gasteiger charge is -2.38. The second kappa shape index (κ2) is 4.27. The van der Waals surface area contributed by atoms with Gasteiger partial charge in [0.2, 0.25) is 0 Å². The molecule has 0 saturated carbocycles. The van der Waals surface area contributed by atoms with Crippen LogP contribution in [-0.2, 0) is 6.54 Å². The van der Waals surface area contributed by atoms with Crippen molar-refractivity contribution in [2.45, 2.75) is 50.4 Å². The molecule has 2 fully saturated rings. The molecule has 3 rings (SSSR count). The van der Waals surface area contributed by atoms with Crippen molar-refractivity contribution in [2.75, 3.05) is 4.90 Å². The smallest absolute Gasteiger partial charge is 0.129 e. The average Bonchev–Trinajstić information content (AvgIpc) is 2.62. The molecule has 0 spiro atoms. The normalized spacial score (nSPS) is 31.9. The summed E-state index contributed by atoms with van der Waals surface area (Å²) in [5, 5.41) is 9.79. The van der Waals surface area contributed by atoms with E-state index in [0.717, 1.165) is 24.4 Å². The fourth-order valence-electron chi connectivity index (χ4n) is 3.25. The number of nitrogens with two attached hydrogens (primary N) is 1. The van der Waals surface area contributed by atoms with Crippen LogP contribution >= 0.6 is 0 Å². The monoisotopic (exact) mass is 233 g/mol. The average molecular weight is 233 g/mol. The van der Waals surface area contributed by atoms with Crippen LogP contribution in [0.25, 0.3) is 0 Å². The highest BCUT2D eigenvalue weighted by molar-refractivity contribution is 5.44. The first-order valence-corrected chi connectivity index (χ1v) is 6.40. The van der Waals surface area contributed by atoms with Gasteiger partial charge in [0, 0.05) is 18.6 Å². The van der Waals surface area contributed by atoms with Gasteiger partial charge < -0.3 is 15.7 Å². The molecule has 17 heavy (non-hydrogen) atoms. The first-order valence-electron chi connectivity index (χ1n) is 6.40. The van der Waals surface area contributed by atoms with Crippen LogP contribution in [0.4, 0.5) is 5.82 Å². The molecular weight excluding hydrogens is 214 g/mol. The van der Waals surface area contributed by atoms with E-state index in [1.165, 1.54) is 12.8 Å². The van der Waals surface area contributed by atoms with Crippen molar-refractivity contribution in [3.05, 3.63) is 23.9 Å². The van der Waals surface area contributed by atoms with Gasteiger partial charge in [0.15, 0.2) is 0 Å². The zero-order valence-corrected chi connectivity index (χ0v) is 9.92. The number of fused-ring (bicyclic) bond motifs is 2. The van der Waals surface area contributed by atoms with Crippen LogP contribution in [0.15, 0.2) is 18.2 Å². The Hall–Kier alpha value is -1.13. The Kier molecular flexibility index (Phi) is 2.76. The highest BCUT2D eigenvalue weighted by Gasteiger charge is 2.40. The molecule has 0 aliphatic carbocycles. The fourth-order valence-corrected chi connectivity index (χ4v) is 3.25. The van der Waals surface area contributed by atoms with Crippen molar-refractivity contribution in [2.24, 2.45) is 5.73 Å². The summed E-state index contributed by atoms with van der Waals surface area (Å²) in [5.41, 5.74) is 6.57. The third kappa shape index (κ3) is 1.91. The molecule has 4 heteroatoms. The maximum atomic E-state index is 9.79. The molecule has 2 aliphatic heterocycles. The molecule has 2 aliphatic rings. The summed E-state index contributed by atoms with van der Waals surface area (Å²) in [6, 6.07) is 6.97. The Bertz CT molecular complexity index is 395. The summed E-state index contributed by atoms with van der Waals surface area (Å²) in [5.74, 6) is 1.03. The van der Waals surface area contributed by atoms with Crippen LogP contribution in [0.2, 0.25) is 0 Å². The Balaban J connectivity index is 1.89. The topological polar surface area (TPSA) is 62.4 Å². The van der Waals surface area contributed by atoms with E-state index in [1.54, 1.807) is 0 Å². The van der Waals surface area contributed by atoms with E-state index in [9.17, 15) is 5.11 Å². The van der Waals surface area contributed by atoms with Gasteiger partial charge in [-0.25, -0.2) is 4.98 Å². The molecule has 4 nitrogen and oxygen atoms in total. The van der Waals surface area contributed by atoms with Gasteiger partial charge in [0.25, 0.3) is 0 Å². The molecule has 2 atom stereocenters. The zero-order valence-electron chi connectivity index (χ0n) is 9.92. The number of aliphatic hydroxyl groups is 1. The molecule has 3 N–H and O–H groups in total. The number of hydrogen-bond donors (Lipinski definition) is 2. The number of nitrogens with zero attached hydrogens (tertiary/aromatic N) is 2. The van der Waals surface area contributed by atoms with Gasteiger partial charge in [-0.3, -0.25) is 0 Å². The third-order valence-corrected chi connectivity index (χ3v) is 3.97. The summed E-state index contributed by atoms with van der Waals surface area (Å²) in [4.78, 5) is 6.99. The van der Waals surface area contributed by atoms with Crippen LogP contribution in [-0.4, -0.2) is 28.3 Å². The summed E-state index contributed by atoms with van der Waals surface area (Å²) in [6.07, 6.45) is 3.99. The first-order chi connectivity index (χ1) is 8.28. The molecular formula is C13H19N3O. The van der Waals surface area contributed by atoms with Gasteiger partial charge in [-0.05, 0) is 37.8 Å². The van der Waals surface area contributed by atoms with E-state index in [0.29, 0.717) is 18.6 Å². The SMILES string of the molecule is NCc1cccc(N2C3CCC2CC(O)C3)n1. The van der Waals surface area contributed by atoms with Gasteiger partial charge in [-0.2, -0.15) is 0 Å². The Morgan fingerprint density at radius 1 is 1.29 bits per heavy atom. The number of rotatable bonds is 2. The van der Waals surface area contributed by atoms with E-state index in [4.69, 9.17) is 5.73 Å². The van der Waals surface area contributed by atoms with Gasteiger partial charge in [-0.15, -0.1) is 0 Å². The van der Waals surface area contributed by atoms with Crippen molar-refractivity contribution >= 4 is 5.82 Å². The summed E-state index contributed by atoms with van der Waals surface area (Å²) >= 11 is 0. The van der Waals surface area contributed by atoms with Crippen molar-refractivity contribution in [3.8, 4) is 0 Å². The quantitative estimate of drug-likeness (QED) is 0.801. The zero-order chi connectivity index (χ0) is 11.8. The van der Waals surface area contributed by atoms with Gasteiger partial charge in [-0.1, -0.05) is 6.07 Å². The van der Waals surface area contributed by atoms with Crippen molar-refractivity contribution < 1.29 is 5.11 Å². The largest absolute Gasteiger partial charge is 0.393 e. The lowest BCUT2D eigenvalue weighted by Crippen LogP contribution is -2.45. The van der Waals surface area contributed by atoms with Crippen LogP contribution in [0.5, 0.6) is 0 Å². The molecule has 1 aromatic heterocycles. The minimum Gasteiger partial charge on any atom is -0.393 e. The van der Waals surface area contributed by atoms with Gasteiger partial charge in [0.05, 0.1) is 11.8 Å². The standard InChI is InChI=1S/C13H19N3O/c14-8-9-2-1-3-13(15-9)16-10-4-5-11(16)7-12(17)6-10/h1-3,10-12,17H,4-8,14H2. The van der Waals surface area contributed by atoms with Crippen LogP contribution in [0, 0.1) is 0 Å². The molecule has 0 radical (unpaired) electrons. The number of piperidine rings is 1. The fraction of sp³-hybridized carbons (Fsp3) is 0.615. The number of anilines is 1. The van der Waals surface area contributed by atoms with E-state index >= 15 is 0 Å². The Labute approximate surface area is 101 Å². The predicted octanol–water partition coefficient (Wildman–Crippen LogP) is 1.03. The number of pyridine rings is 1. The summed E-state index contributed by atoms with van der Waals surface area (Å²) in [6.45, 7) is 0.486. The molecule has 2 unspecified atom stereocenters. The van der Waals surface area contributed by atoms with Crippen molar-refractivity contribution in [3.63, 3.8) is 0 Å². The Morgan fingerprint density at radius 3 is 2.65 bits per heavy atom. The first kappa shape index (κ1) is 11.0. The lowest BCUT2D eigenvalue weighted by atomic mass is 10.00. The maximum absolute atomic E-state index is 9.79. The number of aliphatic hydroxyl groups excluding tert-OH is 1. The minimum absolute atomic E-state index is 0.124. The third-order valence-electron chi connectivity index (χ3n) is 3.97. The van der Waals surface area contributed by atoms with E-state index < -0.39 is 0 Å². The van der Waals surface area contributed by atoms with E-state index in [2.05, 4.69) is 16.0 Å². The lowest BCUT2D eigenvalue weighted by molar-refractivity contribution is 0.126. The molecule has 1 aromatic rings. The van der Waals surface area contributed by atoms with Gasteiger partial charge in [0.1, 0.15) is 5.82 Å². The van der Waals surface area contributed by atoms with E-state index in [-0.39, 0.29) is 6.10 Å². The minimum atomic E-state index is -0.124. The number of hydrogen-bond acceptors (Lipinski definition) is 4. The molecule has 2 bridgehead atoms. The van der Waals surface area contributed by atoms with Crippen molar-refractivity contribution in [1.29, 1.82) is 0 Å². The van der Waals surface area contributed by atoms with Crippen LogP contribution in [0.3, 0.4) is 0 Å².